The Morgan fingerprint density at radius 1 is 1.18 bits per heavy atom. The summed E-state index contributed by atoms with van der Waals surface area (Å²) in [6.07, 6.45) is 6.76. The van der Waals surface area contributed by atoms with Crippen molar-refractivity contribution in [2.45, 2.75) is 58.5 Å². The van der Waals surface area contributed by atoms with E-state index in [0.717, 1.165) is 12.8 Å². The topological polar surface area (TPSA) is 9.23 Å². The molecular formula is C9H19FO. The molecule has 0 fully saturated rings. The van der Waals surface area contributed by atoms with E-state index < -0.39 is 0 Å². The van der Waals surface area contributed by atoms with Gasteiger partial charge in [0.2, 0.25) is 0 Å². The third-order valence-corrected chi connectivity index (χ3v) is 1.87. The fourth-order valence-electron chi connectivity index (χ4n) is 1.08. The van der Waals surface area contributed by atoms with Gasteiger partial charge >= 0.3 is 0 Å². The zero-order valence-electron chi connectivity index (χ0n) is 7.61. The SMILES string of the molecule is CCCCCCCC(C)OF. The minimum Gasteiger partial charge on any atom is -0.191 e. The maximum atomic E-state index is 11.5. The number of halogens is 1. The largest absolute Gasteiger partial charge is 0.191 e. The number of rotatable bonds is 7. The fourth-order valence-corrected chi connectivity index (χ4v) is 1.08. The van der Waals surface area contributed by atoms with E-state index in [0.29, 0.717) is 0 Å². The van der Waals surface area contributed by atoms with Crippen molar-refractivity contribution in [2.75, 3.05) is 0 Å². The summed E-state index contributed by atoms with van der Waals surface area (Å²) < 4.78 is 11.5. The van der Waals surface area contributed by atoms with Gasteiger partial charge in [0.25, 0.3) is 0 Å². The van der Waals surface area contributed by atoms with Crippen molar-refractivity contribution in [1.29, 1.82) is 0 Å². The molecule has 0 saturated heterocycles. The van der Waals surface area contributed by atoms with Crippen molar-refractivity contribution >= 4 is 0 Å². The molecule has 0 aliphatic carbocycles. The van der Waals surface area contributed by atoms with Gasteiger partial charge < -0.3 is 0 Å². The molecule has 0 aliphatic rings. The quantitative estimate of drug-likeness (QED) is 0.519. The zero-order valence-corrected chi connectivity index (χ0v) is 7.61. The Morgan fingerprint density at radius 2 is 1.82 bits per heavy atom. The lowest BCUT2D eigenvalue weighted by Gasteiger charge is -2.04. The second kappa shape index (κ2) is 7.99. The number of hydrogen-bond acceptors (Lipinski definition) is 1. The van der Waals surface area contributed by atoms with E-state index in [4.69, 9.17) is 0 Å². The van der Waals surface area contributed by atoms with Gasteiger partial charge in [0, 0.05) is 0 Å². The van der Waals surface area contributed by atoms with Crippen LogP contribution in [0, 0.1) is 0 Å². The lowest BCUT2D eigenvalue weighted by Crippen LogP contribution is -2.00. The lowest BCUT2D eigenvalue weighted by atomic mass is 10.1. The highest BCUT2D eigenvalue weighted by Gasteiger charge is 2.00. The smallest absolute Gasteiger partial charge is 0.0955 e. The van der Waals surface area contributed by atoms with E-state index in [9.17, 15) is 4.53 Å². The Balaban J connectivity index is 2.89. The molecule has 0 radical (unpaired) electrons. The van der Waals surface area contributed by atoms with Crippen LogP contribution in [0.5, 0.6) is 0 Å². The normalized spacial score (nSPS) is 13.4. The molecule has 0 spiro atoms. The summed E-state index contributed by atoms with van der Waals surface area (Å²) in [6, 6.07) is 0. The molecule has 1 nitrogen and oxygen atoms in total. The van der Waals surface area contributed by atoms with Gasteiger partial charge in [0.15, 0.2) is 0 Å². The molecule has 2 heteroatoms. The van der Waals surface area contributed by atoms with E-state index in [1.807, 2.05) is 0 Å². The average Bonchev–Trinajstić information content (AvgIpc) is 2.04. The first-order valence-electron chi connectivity index (χ1n) is 4.58. The number of unbranched alkanes of at least 4 members (excludes halogenated alkanes) is 4. The lowest BCUT2D eigenvalue weighted by molar-refractivity contribution is -0.174. The predicted molar refractivity (Wildman–Crippen MR) is 45.0 cm³/mol. The molecule has 0 N–H and O–H groups in total. The maximum absolute atomic E-state index is 11.5. The highest BCUT2D eigenvalue weighted by molar-refractivity contribution is 4.49. The summed E-state index contributed by atoms with van der Waals surface area (Å²) in [7, 11) is 0. The van der Waals surface area contributed by atoms with Gasteiger partial charge in [-0.2, -0.15) is 4.94 Å². The van der Waals surface area contributed by atoms with Crippen molar-refractivity contribution in [3.05, 3.63) is 0 Å². The van der Waals surface area contributed by atoms with E-state index >= 15 is 0 Å². The number of hydrogen-bond donors (Lipinski definition) is 0. The first kappa shape index (κ1) is 10.9. The molecule has 0 saturated carbocycles. The average molecular weight is 162 g/mol. The molecule has 0 rings (SSSR count). The molecule has 11 heavy (non-hydrogen) atoms. The van der Waals surface area contributed by atoms with Gasteiger partial charge in [-0.1, -0.05) is 39.0 Å². The predicted octanol–water partition coefficient (Wildman–Crippen LogP) is 3.64. The van der Waals surface area contributed by atoms with E-state index in [1.54, 1.807) is 6.92 Å². The third kappa shape index (κ3) is 7.79. The molecule has 0 aliphatic heterocycles. The zero-order chi connectivity index (χ0) is 8.53. The Morgan fingerprint density at radius 3 is 2.36 bits per heavy atom. The molecule has 1 unspecified atom stereocenters. The van der Waals surface area contributed by atoms with Gasteiger partial charge in [0.05, 0.1) is 6.10 Å². The monoisotopic (exact) mass is 162 g/mol. The van der Waals surface area contributed by atoms with Crippen molar-refractivity contribution in [1.82, 2.24) is 0 Å². The summed E-state index contributed by atoms with van der Waals surface area (Å²) in [5.74, 6) is 0. The standard InChI is InChI=1S/C9H19FO/c1-3-4-5-6-7-8-9(2)11-10/h9H,3-8H2,1-2H3. The Hall–Kier alpha value is -0.110. The van der Waals surface area contributed by atoms with Crippen LogP contribution < -0.4 is 0 Å². The third-order valence-electron chi connectivity index (χ3n) is 1.87. The van der Waals surface area contributed by atoms with Gasteiger partial charge in [-0.3, -0.25) is 0 Å². The van der Waals surface area contributed by atoms with E-state index in [-0.39, 0.29) is 6.10 Å². The van der Waals surface area contributed by atoms with Gasteiger partial charge in [-0.15, -0.1) is 0 Å². The Labute approximate surface area is 68.8 Å². The van der Waals surface area contributed by atoms with Crippen LogP contribution in [0.3, 0.4) is 0 Å². The Kier molecular flexibility index (Phi) is 7.91. The van der Waals surface area contributed by atoms with Crippen LogP contribution in [0.25, 0.3) is 0 Å². The summed E-state index contributed by atoms with van der Waals surface area (Å²) in [6.45, 7) is 3.95. The Bertz CT molecular complexity index is 76.0. The van der Waals surface area contributed by atoms with Crippen LogP contribution in [0.4, 0.5) is 4.53 Å². The molecular weight excluding hydrogens is 143 g/mol. The van der Waals surface area contributed by atoms with Crippen LogP contribution in [0.1, 0.15) is 52.4 Å². The van der Waals surface area contributed by atoms with Crippen LogP contribution in [-0.2, 0) is 4.94 Å². The first-order chi connectivity index (χ1) is 5.31. The summed E-state index contributed by atoms with van der Waals surface area (Å²) in [5.41, 5.74) is 0. The highest BCUT2D eigenvalue weighted by atomic mass is 19.3. The second-order valence-corrected chi connectivity index (χ2v) is 3.10. The van der Waals surface area contributed by atoms with Crippen LogP contribution in [0.15, 0.2) is 0 Å². The fraction of sp³-hybridized carbons (Fsp3) is 1.00. The minimum absolute atomic E-state index is 0.211. The maximum Gasteiger partial charge on any atom is 0.0955 e. The first-order valence-corrected chi connectivity index (χ1v) is 4.58. The second-order valence-electron chi connectivity index (χ2n) is 3.10. The van der Waals surface area contributed by atoms with Crippen LogP contribution in [-0.4, -0.2) is 6.10 Å². The van der Waals surface area contributed by atoms with Gasteiger partial charge in [0.1, 0.15) is 0 Å². The minimum atomic E-state index is -0.211. The van der Waals surface area contributed by atoms with Crippen molar-refractivity contribution in [3.8, 4) is 0 Å². The van der Waals surface area contributed by atoms with E-state index in [1.165, 1.54) is 25.7 Å². The highest BCUT2D eigenvalue weighted by Crippen LogP contribution is 2.08. The molecule has 1 atom stereocenters. The van der Waals surface area contributed by atoms with Gasteiger partial charge in [-0.05, 0) is 17.9 Å². The van der Waals surface area contributed by atoms with Crippen LogP contribution in [0.2, 0.25) is 0 Å². The molecule has 68 valence electrons. The van der Waals surface area contributed by atoms with E-state index in [2.05, 4.69) is 11.9 Å². The molecule has 0 heterocycles. The van der Waals surface area contributed by atoms with Crippen molar-refractivity contribution in [2.24, 2.45) is 0 Å². The van der Waals surface area contributed by atoms with Crippen LogP contribution >= 0.6 is 0 Å². The van der Waals surface area contributed by atoms with Gasteiger partial charge in [-0.25, -0.2) is 0 Å². The van der Waals surface area contributed by atoms with Crippen molar-refractivity contribution in [3.63, 3.8) is 0 Å². The summed E-state index contributed by atoms with van der Waals surface area (Å²) >= 11 is 0. The molecule has 0 bridgehead atoms. The molecule has 0 aromatic rings. The summed E-state index contributed by atoms with van der Waals surface area (Å²) in [4.78, 5) is 3.66. The molecule has 0 amide bonds. The van der Waals surface area contributed by atoms with Crippen molar-refractivity contribution < 1.29 is 9.47 Å². The molecule has 0 aromatic heterocycles. The summed E-state index contributed by atoms with van der Waals surface area (Å²) in [5, 5.41) is 0. The molecule has 0 aromatic carbocycles.